The van der Waals surface area contributed by atoms with Crippen molar-refractivity contribution in [2.24, 2.45) is 0 Å². The van der Waals surface area contributed by atoms with Gasteiger partial charge in [-0.25, -0.2) is 0 Å². The number of fused-ring (bicyclic) bond motifs is 2. The molecule has 0 atom stereocenters. The van der Waals surface area contributed by atoms with E-state index in [0.29, 0.717) is 24.3 Å². The van der Waals surface area contributed by atoms with E-state index in [4.69, 9.17) is 21.3 Å². The quantitative estimate of drug-likeness (QED) is 0.779. The van der Waals surface area contributed by atoms with E-state index in [9.17, 15) is 5.11 Å². The van der Waals surface area contributed by atoms with Gasteiger partial charge in [0.25, 0.3) is 0 Å². The molecule has 2 aliphatic heterocycles. The van der Waals surface area contributed by atoms with E-state index in [-0.39, 0.29) is 5.75 Å². The summed E-state index contributed by atoms with van der Waals surface area (Å²) >= 11 is 6.10. The largest absolute Gasteiger partial charge is 0.506 e. The van der Waals surface area contributed by atoms with E-state index in [1.807, 2.05) is 0 Å². The van der Waals surface area contributed by atoms with Crippen molar-refractivity contribution in [3.63, 3.8) is 0 Å². The van der Waals surface area contributed by atoms with Crippen LogP contribution in [0.5, 0.6) is 5.75 Å². The van der Waals surface area contributed by atoms with Crippen LogP contribution >= 0.6 is 11.6 Å². The molecule has 0 radical (unpaired) electrons. The van der Waals surface area contributed by atoms with Crippen LogP contribution in [0, 0.1) is 0 Å². The number of aromatic hydroxyl groups is 1. The summed E-state index contributed by atoms with van der Waals surface area (Å²) in [5, 5.41) is 18.5. The van der Waals surface area contributed by atoms with Gasteiger partial charge in [-0.1, -0.05) is 11.6 Å². The zero-order valence-corrected chi connectivity index (χ0v) is 14.3. The Morgan fingerprint density at radius 1 is 1.21 bits per heavy atom. The molecule has 0 unspecified atom stereocenters. The van der Waals surface area contributed by atoms with E-state index >= 15 is 0 Å². The summed E-state index contributed by atoms with van der Waals surface area (Å²) in [5.74, 6) is 0.101. The van der Waals surface area contributed by atoms with Crippen molar-refractivity contribution in [3.05, 3.63) is 28.4 Å². The maximum Gasteiger partial charge on any atom is 0.135 e. The lowest BCUT2D eigenvalue weighted by Gasteiger charge is -2.27. The van der Waals surface area contributed by atoms with Crippen LogP contribution in [0.25, 0.3) is 10.9 Å². The molecule has 1 aromatic heterocycles. The first-order valence-corrected chi connectivity index (χ1v) is 8.99. The van der Waals surface area contributed by atoms with Gasteiger partial charge in [0, 0.05) is 29.2 Å². The molecule has 0 saturated carbocycles. The molecule has 0 amide bonds. The Balaban J connectivity index is 1.85. The SMILES string of the molecule is Oc1cc2c(NC3CCNCC3)c3c(nc2cc1Cl)CCOCC3. The monoisotopic (exact) mass is 347 g/mol. The maximum absolute atomic E-state index is 10.1. The standard InChI is InChI=1S/C18H22ClN3O2/c19-14-10-16-13(9-17(14)23)18(21-11-1-5-20-6-2-11)12-3-7-24-8-4-15(12)22-16/h9-11,20,23H,1-8H2,(H,21,22). The van der Waals surface area contributed by atoms with E-state index in [2.05, 4.69) is 10.6 Å². The molecule has 2 aromatic rings. The second-order valence-electron chi connectivity index (χ2n) is 6.51. The van der Waals surface area contributed by atoms with Crippen molar-refractivity contribution >= 4 is 28.2 Å². The van der Waals surface area contributed by atoms with Crippen molar-refractivity contribution < 1.29 is 9.84 Å². The zero-order valence-electron chi connectivity index (χ0n) is 13.6. The fourth-order valence-electron chi connectivity index (χ4n) is 3.62. The average Bonchev–Trinajstić information content (AvgIpc) is 2.83. The summed E-state index contributed by atoms with van der Waals surface area (Å²) in [6.45, 7) is 3.47. The molecule has 5 nitrogen and oxygen atoms in total. The van der Waals surface area contributed by atoms with Gasteiger partial charge in [0.15, 0.2) is 0 Å². The Bertz CT molecular complexity index is 760. The molecule has 0 spiro atoms. The predicted molar refractivity (Wildman–Crippen MR) is 96.2 cm³/mol. The second kappa shape index (κ2) is 6.75. The molecule has 128 valence electrons. The predicted octanol–water partition coefficient (Wildman–Crippen LogP) is 2.87. The lowest BCUT2D eigenvalue weighted by molar-refractivity contribution is 0.146. The van der Waals surface area contributed by atoms with Crippen LogP contribution in [0.3, 0.4) is 0 Å². The van der Waals surface area contributed by atoms with E-state index in [1.54, 1.807) is 12.1 Å². The van der Waals surface area contributed by atoms with Crippen molar-refractivity contribution in [2.45, 2.75) is 31.7 Å². The van der Waals surface area contributed by atoms with Crippen LogP contribution in [-0.4, -0.2) is 42.4 Å². The summed E-state index contributed by atoms with van der Waals surface area (Å²) < 4.78 is 5.64. The highest BCUT2D eigenvalue weighted by Crippen LogP contribution is 2.36. The number of nitrogens with one attached hydrogen (secondary N) is 2. The maximum atomic E-state index is 10.1. The zero-order chi connectivity index (χ0) is 16.5. The fourth-order valence-corrected chi connectivity index (χ4v) is 3.78. The first kappa shape index (κ1) is 15.9. The van der Waals surface area contributed by atoms with Gasteiger partial charge in [0.05, 0.1) is 23.8 Å². The molecule has 0 bridgehead atoms. The molecule has 1 aromatic carbocycles. The van der Waals surface area contributed by atoms with Gasteiger partial charge in [-0.05, 0) is 50.0 Å². The Morgan fingerprint density at radius 3 is 2.83 bits per heavy atom. The number of nitrogens with zero attached hydrogens (tertiary/aromatic N) is 1. The van der Waals surface area contributed by atoms with Crippen LogP contribution in [-0.2, 0) is 17.6 Å². The number of ether oxygens (including phenoxy) is 1. The van der Waals surface area contributed by atoms with Crippen LogP contribution in [0.15, 0.2) is 12.1 Å². The van der Waals surface area contributed by atoms with Crippen molar-refractivity contribution in [1.29, 1.82) is 0 Å². The van der Waals surface area contributed by atoms with Crippen LogP contribution in [0.2, 0.25) is 5.02 Å². The highest BCUT2D eigenvalue weighted by Gasteiger charge is 2.21. The smallest absolute Gasteiger partial charge is 0.135 e. The van der Waals surface area contributed by atoms with Gasteiger partial charge in [-0.3, -0.25) is 4.98 Å². The number of phenolic OH excluding ortho intramolecular Hbond substituents is 1. The number of piperidine rings is 1. The molecule has 6 heteroatoms. The molecular weight excluding hydrogens is 326 g/mol. The molecule has 2 aliphatic rings. The number of rotatable bonds is 2. The highest BCUT2D eigenvalue weighted by molar-refractivity contribution is 6.32. The molecule has 1 saturated heterocycles. The summed E-state index contributed by atoms with van der Waals surface area (Å²) in [6.07, 6.45) is 3.84. The molecule has 4 rings (SSSR count). The van der Waals surface area contributed by atoms with Crippen LogP contribution < -0.4 is 10.6 Å². The van der Waals surface area contributed by atoms with Gasteiger partial charge in [0.1, 0.15) is 5.75 Å². The highest BCUT2D eigenvalue weighted by atomic mass is 35.5. The van der Waals surface area contributed by atoms with Crippen molar-refractivity contribution in [3.8, 4) is 5.75 Å². The van der Waals surface area contributed by atoms with Gasteiger partial charge in [-0.15, -0.1) is 0 Å². The number of halogens is 1. The molecule has 1 fully saturated rings. The Morgan fingerprint density at radius 2 is 2.00 bits per heavy atom. The first-order chi connectivity index (χ1) is 11.7. The number of phenols is 1. The minimum Gasteiger partial charge on any atom is -0.506 e. The number of hydrogen-bond acceptors (Lipinski definition) is 5. The normalized spacial score (nSPS) is 19.0. The second-order valence-corrected chi connectivity index (χ2v) is 6.92. The van der Waals surface area contributed by atoms with Crippen LogP contribution in [0.1, 0.15) is 24.1 Å². The molecule has 0 aliphatic carbocycles. The molecule has 3 heterocycles. The van der Waals surface area contributed by atoms with E-state index < -0.39 is 0 Å². The summed E-state index contributed by atoms with van der Waals surface area (Å²) in [7, 11) is 0. The summed E-state index contributed by atoms with van der Waals surface area (Å²) in [4.78, 5) is 4.80. The minimum atomic E-state index is 0.101. The average molecular weight is 348 g/mol. The van der Waals surface area contributed by atoms with Crippen molar-refractivity contribution in [1.82, 2.24) is 10.3 Å². The third-order valence-corrected chi connectivity index (χ3v) is 5.21. The van der Waals surface area contributed by atoms with Crippen molar-refractivity contribution in [2.75, 3.05) is 31.6 Å². The lowest BCUT2D eigenvalue weighted by atomic mass is 9.99. The summed E-state index contributed by atoms with van der Waals surface area (Å²) in [6, 6.07) is 3.93. The number of benzene rings is 1. The van der Waals surface area contributed by atoms with E-state index in [1.165, 1.54) is 5.56 Å². The number of pyridine rings is 1. The number of hydrogen-bond donors (Lipinski definition) is 3. The lowest BCUT2D eigenvalue weighted by Crippen LogP contribution is -2.35. The first-order valence-electron chi connectivity index (χ1n) is 8.61. The van der Waals surface area contributed by atoms with Gasteiger partial charge in [0.2, 0.25) is 0 Å². The summed E-state index contributed by atoms with van der Waals surface area (Å²) in [5.41, 5.74) is 4.23. The Labute approximate surface area is 146 Å². The van der Waals surface area contributed by atoms with Gasteiger partial charge < -0.3 is 20.5 Å². The topological polar surface area (TPSA) is 66.4 Å². The fraction of sp³-hybridized carbons (Fsp3) is 0.500. The third kappa shape index (κ3) is 3.04. The molecule has 24 heavy (non-hydrogen) atoms. The van der Waals surface area contributed by atoms with Crippen LogP contribution in [0.4, 0.5) is 5.69 Å². The minimum absolute atomic E-state index is 0.101. The third-order valence-electron chi connectivity index (χ3n) is 4.91. The Hall–Kier alpha value is -1.56. The van der Waals surface area contributed by atoms with Gasteiger partial charge in [-0.2, -0.15) is 0 Å². The number of anilines is 1. The Kier molecular flexibility index (Phi) is 4.48. The van der Waals surface area contributed by atoms with E-state index in [0.717, 1.165) is 61.1 Å². The van der Waals surface area contributed by atoms with Gasteiger partial charge >= 0.3 is 0 Å². The molecular formula is C18H22ClN3O2. The number of aromatic nitrogens is 1. The molecule has 3 N–H and O–H groups in total.